The summed E-state index contributed by atoms with van der Waals surface area (Å²) in [6.07, 6.45) is 7.42. The van der Waals surface area contributed by atoms with Crippen molar-refractivity contribution in [2.75, 3.05) is 0 Å². The van der Waals surface area contributed by atoms with Crippen molar-refractivity contribution in [2.45, 2.75) is 45.1 Å². The molecule has 4 nitrogen and oxygen atoms in total. The van der Waals surface area contributed by atoms with E-state index in [1.165, 1.54) is 37.0 Å². The third-order valence-electron chi connectivity index (χ3n) is 5.45. The van der Waals surface area contributed by atoms with Crippen LogP contribution in [0.3, 0.4) is 0 Å². The van der Waals surface area contributed by atoms with Gasteiger partial charge in [0, 0.05) is 11.4 Å². The molecule has 0 unspecified atom stereocenters. The Morgan fingerprint density at radius 1 is 1.48 bits per heavy atom. The molecular weight excluding hydrogens is 308 g/mol. The number of rotatable bonds is 5. The van der Waals surface area contributed by atoms with E-state index >= 15 is 0 Å². The zero-order chi connectivity index (χ0) is 15.8. The van der Waals surface area contributed by atoms with E-state index in [0.29, 0.717) is 12.3 Å². The van der Waals surface area contributed by atoms with E-state index in [2.05, 4.69) is 17.2 Å². The van der Waals surface area contributed by atoms with Crippen molar-refractivity contribution in [3.8, 4) is 10.8 Å². The Labute approximate surface area is 140 Å². The second kappa shape index (κ2) is 6.11. The molecule has 2 bridgehead atoms. The number of hydrogen-bond acceptors (Lipinski definition) is 4. The maximum Gasteiger partial charge on any atom is 0.226 e. The topological polar surface area (TPSA) is 55.1 Å². The highest BCUT2D eigenvalue weighted by atomic mass is 32.1. The molecule has 0 aromatic carbocycles. The number of fused-ring (bicyclic) bond motifs is 2. The van der Waals surface area contributed by atoms with E-state index in [1.54, 1.807) is 6.26 Å². The Morgan fingerprint density at radius 2 is 2.39 bits per heavy atom. The van der Waals surface area contributed by atoms with Crippen LogP contribution in [-0.4, -0.2) is 16.9 Å². The lowest BCUT2D eigenvalue weighted by Crippen LogP contribution is -2.40. The van der Waals surface area contributed by atoms with Gasteiger partial charge in [-0.15, -0.1) is 11.3 Å². The van der Waals surface area contributed by atoms with Gasteiger partial charge in [-0.25, -0.2) is 4.98 Å². The van der Waals surface area contributed by atoms with E-state index in [0.717, 1.165) is 28.3 Å². The van der Waals surface area contributed by atoms with E-state index in [1.807, 2.05) is 17.5 Å². The summed E-state index contributed by atoms with van der Waals surface area (Å²) in [7, 11) is 0. The fraction of sp³-hybridized carbons (Fsp3) is 0.556. The maximum absolute atomic E-state index is 12.3. The molecule has 4 atom stereocenters. The molecule has 2 saturated carbocycles. The van der Waals surface area contributed by atoms with Crippen LogP contribution in [0.4, 0.5) is 0 Å². The molecule has 0 radical (unpaired) electrons. The molecule has 2 aliphatic carbocycles. The summed E-state index contributed by atoms with van der Waals surface area (Å²) >= 11 is 1.52. The normalized spacial score (nSPS) is 27.3. The van der Waals surface area contributed by atoms with Crippen LogP contribution >= 0.6 is 11.3 Å². The lowest BCUT2D eigenvalue weighted by atomic mass is 9.84. The number of nitrogens with zero attached hydrogens (tertiary/aromatic N) is 1. The first kappa shape index (κ1) is 14.9. The average Bonchev–Trinajstić information content (AvgIpc) is 3.30. The van der Waals surface area contributed by atoms with E-state index < -0.39 is 0 Å². The Balaban J connectivity index is 1.33. The van der Waals surface area contributed by atoms with Crippen LogP contribution < -0.4 is 5.32 Å². The van der Waals surface area contributed by atoms with E-state index in [4.69, 9.17) is 4.42 Å². The first-order valence-corrected chi connectivity index (χ1v) is 9.34. The molecular formula is C18H22N2O2S. The van der Waals surface area contributed by atoms with Crippen molar-refractivity contribution in [1.82, 2.24) is 10.3 Å². The summed E-state index contributed by atoms with van der Waals surface area (Å²) < 4.78 is 5.35. The molecule has 0 saturated heterocycles. The lowest BCUT2D eigenvalue weighted by molar-refractivity contribution is -0.121. The number of amides is 1. The molecule has 0 spiro atoms. The van der Waals surface area contributed by atoms with Gasteiger partial charge in [-0.2, -0.15) is 0 Å². The molecule has 2 aromatic rings. The predicted molar refractivity (Wildman–Crippen MR) is 90.1 cm³/mol. The summed E-state index contributed by atoms with van der Waals surface area (Å²) in [6.45, 7) is 2.17. The van der Waals surface area contributed by atoms with Gasteiger partial charge in [-0.05, 0) is 56.1 Å². The van der Waals surface area contributed by atoms with Crippen molar-refractivity contribution in [3.05, 3.63) is 29.5 Å². The minimum absolute atomic E-state index is 0.0802. The van der Waals surface area contributed by atoms with Gasteiger partial charge < -0.3 is 9.73 Å². The molecule has 0 aliphatic heterocycles. The number of carbonyl (C=O) groups is 1. The molecule has 122 valence electrons. The quantitative estimate of drug-likeness (QED) is 0.905. The van der Waals surface area contributed by atoms with Gasteiger partial charge in [0.25, 0.3) is 0 Å². The zero-order valence-corrected chi connectivity index (χ0v) is 14.1. The van der Waals surface area contributed by atoms with Crippen molar-refractivity contribution < 1.29 is 9.21 Å². The van der Waals surface area contributed by atoms with Crippen LogP contribution in [0, 0.1) is 17.8 Å². The first-order chi connectivity index (χ1) is 11.2. The van der Waals surface area contributed by atoms with E-state index in [9.17, 15) is 4.79 Å². The number of carbonyl (C=O) groups excluding carboxylic acids is 1. The summed E-state index contributed by atoms with van der Waals surface area (Å²) in [4.78, 5) is 16.8. The fourth-order valence-corrected chi connectivity index (χ4v) is 5.17. The van der Waals surface area contributed by atoms with Crippen LogP contribution in [0.5, 0.6) is 0 Å². The zero-order valence-electron chi connectivity index (χ0n) is 13.3. The SMILES string of the molecule is C[C@H](NC(=O)Cc1csc(-c2ccco2)n1)[C@@H]1C[C@H]2CC[C@H]1C2. The Hall–Kier alpha value is -1.62. The Bertz CT molecular complexity index is 679. The number of hydrogen-bond donors (Lipinski definition) is 1. The number of furan rings is 1. The fourth-order valence-electron chi connectivity index (χ4n) is 4.38. The van der Waals surface area contributed by atoms with Crippen molar-refractivity contribution >= 4 is 17.2 Å². The molecule has 2 heterocycles. The molecule has 2 aromatic heterocycles. The average molecular weight is 330 g/mol. The molecule has 2 fully saturated rings. The Morgan fingerprint density at radius 3 is 3.09 bits per heavy atom. The molecule has 23 heavy (non-hydrogen) atoms. The van der Waals surface area contributed by atoms with Crippen LogP contribution in [0.15, 0.2) is 28.2 Å². The van der Waals surface area contributed by atoms with Gasteiger partial charge in [-0.1, -0.05) is 6.42 Å². The molecule has 2 aliphatic rings. The Kier molecular flexibility index (Phi) is 3.97. The van der Waals surface area contributed by atoms with Crippen LogP contribution in [-0.2, 0) is 11.2 Å². The number of nitrogens with one attached hydrogen (secondary N) is 1. The second-order valence-electron chi connectivity index (χ2n) is 6.99. The predicted octanol–water partition coefficient (Wildman–Crippen LogP) is 3.89. The first-order valence-electron chi connectivity index (χ1n) is 8.46. The monoisotopic (exact) mass is 330 g/mol. The standard InChI is InChI=1S/C18H22N2O2S/c1-11(15-8-12-4-5-13(15)7-12)19-17(21)9-14-10-23-18(20-14)16-3-2-6-22-16/h2-3,6,10-13,15H,4-5,7-9H2,1H3,(H,19,21)/t11-,12-,13-,15-/m0/s1. The third kappa shape index (κ3) is 3.07. The number of thiazole rings is 1. The smallest absolute Gasteiger partial charge is 0.226 e. The summed E-state index contributed by atoms with van der Waals surface area (Å²) in [6, 6.07) is 4.01. The summed E-state index contributed by atoms with van der Waals surface area (Å²) in [5.74, 6) is 3.26. The van der Waals surface area contributed by atoms with Gasteiger partial charge in [0.15, 0.2) is 10.8 Å². The minimum Gasteiger partial charge on any atom is -0.462 e. The molecule has 5 heteroatoms. The number of aromatic nitrogens is 1. The molecule has 1 N–H and O–H groups in total. The van der Waals surface area contributed by atoms with Gasteiger partial charge in [0.1, 0.15) is 0 Å². The van der Waals surface area contributed by atoms with Gasteiger partial charge in [0.05, 0.1) is 18.4 Å². The highest BCUT2D eigenvalue weighted by Gasteiger charge is 2.42. The highest BCUT2D eigenvalue weighted by Crippen LogP contribution is 2.49. The van der Waals surface area contributed by atoms with E-state index in [-0.39, 0.29) is 11.9 Å². The second-order valence-corrected chi connectivity index (χ2v) is 7.85. The van der Waals surface area contributed by atoms with Crippen molar-refractivity contribution in [2.24, 2.45) is 17.8 Å². The van der Waals surface area contributed by atoms with Crippen LogP contribution in [0.2, 0.25) is 0 Å². The molecule has 4 rings (SSSR count). The summed E-state index contributed by atoms with van der Waals surface area (Å²) in [5.41, 5.74) is 0.819. The van der Waals surface area contributed by atoms with Crippen LogP contribution in [0.25, 0.3) is 10.8 Å². The minimum atomic E-state index is 0.0802. The van der Waals surface area contributed by atoms with Gasteiger partial charge in [-0.3, -0.25) is 4.79 Å². The molecule has 1 amide bonds. The maximum atomic E-state index is 12.3. The third-order valence-corrected chi connectivity index (χ3v) is 6.35. The van der Waals surface area contributed by atoms with Gasteiger partial charge >= 0.3 is 0 Å². The lowest BCUT2D eigenvalue weighted by Gasteiger charge is -2.28. The van der Waals surface area contributed by atoms with Crippen molar-refractivity contribution in [1.29, 1.82) is 0 Å². The van der Waals surface area contributed by atoms with Crippen molar-refractivity contribution in [3.63, 3.8) is 0 Å². The van der Waals surface area contributed by atoms with Gasteiger partial charge in [0.2, 0.25) is 5.91 Å². The summed E-state index contributed by atoms with van der Waals surface area (Å²) in [5, 5.41) is 5.98. The van der Waals surface area contributed by atoms with Crippen LogP contribution in [0.1, 0.15) is 38.3 Å². The largest absolute Gasteiger partial charge is 0.462 e. The highest BCUT2D eigenvalue weighted by molar-refractivity contribution is 7.13.